The Balaban J connectivity index is 2.25. The zero-order valence-corrected chi connectivity index (χ0v) is 11.4. The summed E-state index contributed by atoms with van der Waals surface area (Å²) in [7, 11) is 0. The molecule has 2 aromatic rings. The average Bonchev–Trinajstić information content (AvgIpc) is 2.46. The van der Waals surface area contributed by atoms with E-state index >= 15 is 0 Å². The Kier molecular flexibility index (Phi) is 4.51. The standard InChI is InChI=1S/C16H14F2N2O/c1-10(20)15-7-14(18)4-5-16(15)21-9-12-6-13(17)3-2-11(12)8-19/h2-7,10H,9,20H2,1H3/t10-/m0/s1. The van der Waals surface area contributed by atoms with Crippen LogP contribution >= 0.6 is 0 Å². The molecule has 0 aliphatic carbocycles. The molecule has 3 nitrogen and oxygen atoms in total. The highest BCUT2D eigenvalue weighted by Gasteiger charge is 2.11. The van der Waals surface area contributed by atoms with Gasteiger partial charge in [-0.15, -0.1) is 0 Å². The lowest BCUT2D eigenvalue weighted by molar-refractivity contribution is 0.300. The lowest BCUT2D eigenvalue weighted by Crippen LogP contribution is -2.09. The van der Waals surface area contributed by atoms with Gasteiger partial charge in [0.15, 0.2) is 0 Å². The smallest absolute Gasteiger partial charge is 0.124 e. The molecule has 0 bridgehead atoms. The van der Waals surface area contributed by atoms with Crippen molar-refractivity contribution in [1.82, 2.24) is 0 Å². The molecule has 0 heterocycles. The third-order valence-electron chi connectivity index (χ3n) is 3.03. The van der Waals surface area contributed by atoms with Gasteiger partial charge in [0.05, 0.1) is 11.6 Å². The maximum Gasteiger partial charge on any atom is 0.124 e. The van der Waals surface area contributed by atoms with Crippen LogP contribution in [0.4, 0.5) is 8.78 Å². The Morgan fingerprint density at radius 1 is 1.19 bits per heavy atom. The molecule has 0 radical (unpaired) electrons. The van der Waals surface area contributed by atoms with Crippen molar-refractivity contribution >= 4 is 0 Å². The molecule has 0 saturated heterocycles. The SMILES string of the molecule is C[C@H](N)c1cc(F)ccc1OCc1cc(F)ccc1C#N. The summed E-state index contributed by atoms with van der Waals surface area (Å²) >= 11 is 0. The maximum atomic E-state index is 13.2. The van der Waals surface area contributed by atoms with Crippen molar-refractivity contribution in [3.63, 3.8) is 0 Å². The van der Waals surface area contributed by atoms with E-state index in [2.05, 4.69) is 0 Å². The zero-order chi connectivity index (χ0) is 15.4. The number of ether oxygens (including phenoxy) is 1. The molecule has 0 saturated carbocycles. The van der Waals surface area contributed by atoms with E-state index in [0.29, 0.717) is 22.4 Å². The number of nitrogens with two attached hydrogens (primary N) is 1. The maximum absolute atomic E-state index is 13.2. The fourth-order valence-electron chi connectivity index (χ4n) is 1.95. The fraction of sp³-hybridized carbons (Fsp3) is 0.188. The Hall–Kier alpha value is -2.45. The van der Waals surface area contributed by atoms with Crippen LogP contribution in [0.1, 0.15) is 29.7 Å². The number of rotatable bonds is 4. The van der Waals surface area contributed by atoms with Gasteiger partial charge in [-0.1, -0.05) is 0 Å². The third kappa shape index (κ3) is 3.56. The van der Waals surface area contributed by atoms with Gasteiger partial charge in [0.1, 0.15) is 24.0 Å². The molecule has 2 rings (SSSR count). The molecule has 0 spiro atoms. The Labute approximate surface area is 121 Å². The van der Waals surface area contributed by atoms with E-state index in [4.69, 9.17) is 15.7 Å². The minimum Gasteiger partial charge on any atom is -0.489 e. The molecule has 0 aromatic heterocycles. The third-order valence-corrected chi connectivity index (χ3v) is 3.03. The minimum absolute atomic E-state index is 0.00596. The van der Waals surface area contributed by atoms with Crippen LogP contribution < -0.4 is 10.5 Å². The van der Waals surface area contributed by atoms with Crippen LogP contribution in [-0.4, -0.2) is 0 Å². The molecule has 0 fully saturated rings. The predicted octanol–water partition coefficient (Wildman–Crippen LogP) is 3.44. The normalized spacial score (nSPS) is 11.8. The van der Waals surface area contributed by atoms with Gasteiger partial charge in [0.25, 0.3) is 0 Å². The van der Waals surface area contributed by atoms with Crippen LogP contribution in [-0.2, 0) is 6.61 Å². The highest BCUT2D eigenvalue weighted by molar-refractivity contribution is 5.39. The van der Waals surface area contributed by atoms with Crippen LogP contribution in [0.15, 0.2) is 36.4 Å². The molecular weight excluding hydrogens is 274 g/mol. The largest absolute Gasteiger partial charge is 0.489 e. The van der Waals surface area contributed by atoms with E-state index in [1.54, 1.807) is 6.92 Å². The number of benzene rings is 2. The first-order valence-corrected chi connectivity index (χ1v) is 6.37. The van der Waals surface area contributed by atoms with Gasteiger partial charge in [-0.2, -0.15) is 5.26 Å². The second kappa shape index (κ2) is 6.33. The van der Waals surface area contributed by atoms with E-state index in [1.807, 2.05) is 6.07 Å². The van der Waals surface area contributed by atoms with Gasteiger partial charge in [-0.3, -0.25) is 0 Å². The summed E-state index contributed by atoms with van der Waals surface area (Å²) in [6.45, 7) is 1.72. The van der Waals surface area contributed by atoms with Gasteiger partial charge in [0, 0.05) is 17.2 Å². The molecule has 0 aliphatic rings. The summed E-state index contributed by atoms with van der Waals surface area (Å²) in [4.78, 5) is 0. The van der Waals surface area contributed by atoms with Gasteiger partial charge in [-0.05, 0) is 43.3 Å². The van der Waals surface area contributed by atoms with Crippen molar-refractivity contribution in [1.29, 1.82) is 5.26 Å². The van der Waals surface area contributed by atoms with Gasteiger partial charge < -0.3 is 10.5 Å². The molecule has 5 heteroatoms. The molecule has 0 amide bonds. The minimum atomic E-state index is -0.445. The van der Waals surface area contributed by atoms with Gasteiger partial charge >= 0.3 is 0 Å². The first-order chi connectivity index (χ1) is 10.0. The van der Waals surface area contributed by atoms with Crippen LogP contribution in [0.25, 0.3) is 0 Å². The lowest BCUT2D eigenvalue weighted by Gasteiger charge is -2.14. The quantitative estimate of drug-likeness (QED) is 0.937. The predicted molar refractivity (Wildman–Crippen MR) is 74.4 cm³/mol. The second-order valence-corrected chi connectivity index (χ2v) is 4.67. The molecule has 1 atom stereocenters. The number of hydrogen-bond acceptors (Lipinski definition) is 3. The monoisotopic (exact) mass is 288 g/mol. The Bertz CT molecular complexity index is 693. The molecule has 21 heavy (non-hydrogen) atoms. The summed E-state index contributed by atoms with van der Waals surface area (Å²) in [6.07, 6.45) is 0. The topological polar surface area (TPSA) is 59.0 Å². The van der Waals surface area contributed by atoms with Crippen molar-refractivity contribution in [2.45, 2.75) is 19.6 Å². The molecular formula is C16H14F2N2O. The molecule has 108 valence electrons. The summed E-state index contributed by atoms with van der Waals surface area (Å²) in [6, 6.07) is 9.46. The summed E-state index contributed by atoms with van der Waals surface area (Å²) in [5.74, 6) is -0.434. The summed E-state index contributed by atoms with van der Waals surface area (Å²) in [5.41, 5.74) is 7.05. The van der Waals surface area contributed by atoms with E-state index < -0.39 is 17.7 Å². The van der Waals surface area contributed by atoms with Gasteiger partial charge in [-0.25, -0.2) is 8.78 Å². The molecule has 2 aromatic carbocycles. The summed E-state index contributed by atoms with van der Waals surface area (Å²) in [5, 5.41) is 8.99. The first-order valence-electron chi connectivity index (χ1n) is 6.37. The highest BCUT2D eigenvalue weighted by Crippen LogP contribution is 2.26. The molecule has 0 unspecified atom stereocenters. The first kappa shape index (κ1) is 14.9. The van der Waals surface area contributed by atoms with Crippen molar-refractivity contribution in [2.24, 2.45) is 5.73 Å². The van der Waals surface area contributed by atoms with E-state index in [1.165, 1.54) is 36.4 Å². The summed E-state index contributed by atoms with van der Waals surface area (Å²) < 4.78 is 32.0. The van der Waals surface area contributed by atoms with E-state index in [0.717, 1.165) is 0 Å². The fourth-order valence-corrected chi connectivity index (χ4v) is 1.95. The lowest BCUT2D eigenvalue weighted by atomic mass is 10.1. The van der Waals surface area contributed by atoms with Crippen molar-refractivity contribution in [3.05, 3.63) is 64.7 Å². The Morgan fingerprint density at radius 2 is 1.86 bits per heavy atom. The number of hydrogen-bond donors (Lipinski definition) is 1. The van der Waals surface area contributed by atoms with Crippen molar-refractivity contribution in [3.8, 4) is 11.8 Å². The number of nitriles is 1. The van der Waals surface area contributed by atoms with Crippen LogP contribution in [0.3, 0.4) is 0 Å². The Morgan fingerprint density at radius 3 is 2.52 bits per heavy atom. The van der Waals surface area contributed by atoms with E-state index in [9.17, 15) is 8.78 Å². The van der Waals surface area contributed by atoms with Gasteiger partial charge in [0.2, 0.25) is 0 Å². The zero-order valence-electron chi connectivity index (χ0n) is 11.4. The van der Waals surface area contributed by atoms with Crippen molar-refractivity contribution < 1.29 is 13.5 Å². The van der Waals surface area contributed by atoms with Crippen LogP contribution in [0.2, 0.25) is 0 Å². The number of halogens is 2. The number of nitrogens with zero attached hydrogens (tertiary/aromatic N) is 1. The average molecular weight is 288 g/mol. The molecule has 2 N–H and O–H groups in total. The highest BCUT2D eigenvalue weighted by atomic mass is 19.1. The molecule has 0 aliphatic heterocycles. The van der Waals surface area contributed by atoms with Crippen molar-refractivity contribution in [2.75, 3.05) is 0 Å². The second-order valence-electron chi connectivity index (χ2n) is 4.67. The van der Waals surface area contributed by atoms with Crippen LogP contribution in [0, 0.1) is 23.0 Å². The van der Waals surface area contributed by atoms with E-state index in [-0.39, 0.29) is 6.61 Å². The van der Waals surface area contributed by atoms with Crippen LogP contribution in [0.5, 0.6) is 5.75 Å².